The standard InChI is InChI=1S/C46H36N2O/c1-31-14-12-22-42-44(31)48-41-29-28-36(30-39(41)46(2,3)38-20-13-23-43(49-42)45(38)48)47(35-26-24-33(25-27-35)32-15-6-4-7-16-32)40-21-11-10-19-37(40)34-17-8-5-9-18-34/h4-30H,1-3H3. The SMILES string of the molecule is Cc1cccc2c1N1c3ccc(N(c4ccc(-c5ccccc5)cc4)c4ccccc4-c4ccccc4)cc3C(C)(C)c3cccc(c31)O2. The number of hydrogen-bond acceptors (Lipinski definition) is 3. The molecule has 0 aliphatic carbocycles. The van der Waals surface area contributed by atoms with Crippen molar-refractivity contribution in [3.63, 3.8) is 0 Å². The molecule has 0 amide bonds. The first-order valence-corrected chi connectivity index (χ1v) is 16.9. The zero-order chi connectivity index (χ0) is 33.1. The van der Waals surface area contributed by atoms with E-state index in [1.54, 1.807) is 0 Å². The number of nitrogens with zero attached hydrogens (tertiary/aromatic N) is 2. The summed E-state index contributed by atoms with van der Waals surface area (Å²) in [7, 11) is 0. The molecule has 7 aromatic rings. The molecule has 3 nitrogen and oxygen atoms in total. The second kappa shape index (κ2) is 11.3. The van der Waals surface area contributed by atoms with Gasteiger partial charge >= 0.3 is 0 Å². The van der Waals surface area contributed by atoms with Gasteiger partial charge in [-0.1, -0.05) is 129 Å². The predicted octanol–water partition coefficient (Wildman–Crippen LogP) is 13.0. The third kappa shape index (κ3) is 4.65. The van der Waals surface area contributed by atoms with Crippen LogP contribution in [0.15, 0.2) is 164 Å². The van der Waals surface area contributed by atoms with Crippen LogP contribution in [0.25, 0.3) is 22.3 Å². The third-order valence-corrected chi connectivity index (χ3v) is 10.2. The lowest BCUT2D eigenvalue weighted by Crippen LogP contribution is -2.33. The molecule has 7 aromatic carbocycles. The Kier molecular flexibility index (Phi) is 6.70. The zero-order valence-electron chi connectivity index (χ0n) is 27.9. The van der Waals surface area contributed by atoms with Gasteiger partial charge in [-0.05, 0) is 88.8 Å². The van der Waals surface area contributed by atoms with Gasteiger partial charge in [0.15, 0.2) is 11.5 Å². The van der Waals surface area contributed by atoms with Crippen LogP contribution < -0.4 is 14.5 Å². The Morgan fingerprint density at radius 2 is 1.12 bits per heavy atom. The summed E-state index contributed by atoms with van der Waals surface area (Å²) in [5.41, 5.74) is 15.0. The van der Waals surface area contributed by atoms with E-state index in [1.165, 1.54) is 44.6 Å². The molecule has 0 saturated heterocycles. The van der Waals surface area contributed by atoms with E-state index in [0.29, 0.717) is 0 Å². The molecule has 0 saturated carbocycles. The molecule has 9 rings (SSSR count). The molecular weight excluding hydrogens is 597 g/mol. The van der Waals surface area contributed by atoms with Crippen LogP contribution in [-0.4, -0.2) is 0 Å². The van der Waals surface area contributed by atoms with Crippen molar-refractivity contribution in [2.45, 2.75) is 26.2 Å². The largest absolute Gasteiger partial charge is 0.453 e. The van der Waals surface area contributed by atoms with E-state index >= 15 is 0 Å². The lowest BCUT2D eigenvalue weighted by Gasteiger charge is -2.45. The minimum Gasteiger partial charge on any atom is -0.453 e. The average molecular weight is 633 g/mol. The van der Waals surface area contributed by atoms with Crippen LogP contribution in [0, 0.1) is 6.92 Å². The molecule has 0 bridgehead atoms. The Labute approximate surface area is 288 Å². The molecule has 49 heavy (non-hydrogen) atoms. The lowest BCUT2D eigenvalue weighted by molar-refractivity contribution is 0.471. The predicted molar refractivity (Wildman–Crippen MR) is 204 cm³/mol. The molecule has 0 N–H and O–H groups in total. The minimum atomic E-state index is -0.279. The Hall–Kier alpha value is -6.06. The maximum Gasteiger partial charge on any atom is 0.151 e. The van der Waals surface area contributed by atoms with E-state index in [0.717, 1.165) is 39.9 Å². The van der Waals surface area contributed by atoms with Crippen LogP contribution in [0.2, 0.25) is 0 Å². The molecule has 2 heterocycles. The monoisotopic (exact) mass is 632 g/mol. The van der Waals surface area contributed by atoms with E-state index in [-0.39, 0.29) is 5.41 Å². The van der Waals surface area contributed by atoms with Gasteiger partial charge in [0.05, 0.1) is 22.7 Å². The fraction of sp³-hybridized carbons (Fsp3) is 0.0870. The van der Waals surface area contributed by atoms with Gasteiger partial charge in [0.25, 0.3) is 0 Å². The Morgan fingerprint density at radius 3 is 1.88 bits per heavy atom. The van der Waals surface area contributed by atoms with E-state index in [2.05, 4.69) is 194 Å². The van der Waals surface area contributed by atoms with Crippen molar-refractivity contribution in [1.29, 1.82) is 0 Å². The first kappa shape index (κ1) is 29.1. The smallest absolute Gasteiger partial charge is 0.151 e. The van der Waals surface area contributed by atoms with Crippen LogP contribution in [0.4, 0.5) is 34.1 Å². The highest BCUT2D eigenvalue weighted by atomic mass is 16.5. The van der Waals surface area contributed by atoms with Gasteiger partial charge in [-0.3, -0.25) is 0 Å². The molecule has 236 valence electrons. The Morgan fingerprint density at radius 1 is 0.510 bits per heavy atom. The molecule has 2 aliphatic rings. The Balaban J connectivity index is 1.26. The van der Waals surface area contributed by atoms with Gasteiger partial charge in [-0.25, -0.2) is 0 Å². The van der Waals surface area contributed by atoms with Crippen molar-refractivity contribution in [3.05, 3.63) is 180 Å². The highest BCUT2D eigenvalue weighted by Crippen LogP contribution is 2.61. The van der Waals surface area contributed by atoms with Crippen molar-refractivity contribution in [3.8, 4) is 33.8 Å². The topological polar surface area (TPSA) is 15.7 Å². The van der Waals surface area contributed by atoms with Gasteiger partial charge in [0.2, 0.25) is 0 Å². The van der Waals surface area contributed by atoms with E-state index in [1.807, 2.05) is 0 Å². The number of benzene rings is 7. The summed E-state index contributed by atoms with van der Waals surface area (Å²) in [4.78, 5) is 4.85. The molecule has 0 aromatic heterocycles. The molecule has 0 unspecified atom stereocenters. The van der Waals surface area contributed by atoms with Gasteiger partial charge in [0.1, 0.15) is 0 Å². The normalized spacial score (nSPS) is 13.5. The first-order chi connectivity index (χ1) is 24.0. The van der Waals surface area contributed by atoms with E-state index in [4.69, 9.17) is 4.74 Å². The Bertz CT molecular complexity index is 2340. The molecule has 0 atom stereocenters. The highest BCUT2D eigenvalue weighted by molar-refractivity contribution is 5.96. The van der Waals surface area contributed by atoms with E-state index < -0.39 is 0 Å². The minimum absolute atomic E-state index is 0.279. The number of rotatable bonds is 5. The maximum atomic E-state index is 6.54. The number of para-hydroxylation sites is 3. The van der Waals surface area contributed by atoms with Crippen molar-refractivity contribution >= 4 is 34.1 Å². The summed E-state index contributed by atoms with van der Waals surface area (Å²) in [5, 5.41) is 0. The van der Waals surface area contributed by atoms with Crippen molar-refractivity contribution in [2.75, 3.05) is 9.80 Å². The second-order valence-corrected chi connectivity index (χ2v) is 13.5. The molecule has 2 aliphatic heterocycles. The lowest BCUT2D eigenvalue weighted by atomic mass is 9.73. The number of anilines is 6. The van der Waals surface area contributed by atoms with Crippen LogP contribution in [0.3, 0.4) is 0 Å². The molecule has 0 spiro atoms. The fourth-order valence-electron chi connectivity index (χ4n) is 7.71. The van der Waals surface area contributed by atoms with Crippen LogP contribution in [-0.2, 0) is 5.41 Å². The third-order valence-electron chi connectivity index (χ3n) is 10.2. The van der Waals surface area contributed by atoms with E-state index in [9.17, 15) is 0 Å². The molecule has 3 heteroatoms. The summed E-state index contributed by atoms with van der Waals surface area (Å²) in [6.07, 6.45) is 0. The average Bonchev–Trinajstić information content (AvgIpc) is 3.15. The van der Waals surface area contributed by atoms with Crippen LogP contribution in [0.1, 0.15) is 30.5 Å². The summed E-state index contributed by atoms with van der Waals surface area (Å²) in [5.74, 6) is 1.78. The number of fused-ring (bicyclic) bond motifs is 4. The molecular formula is C46H36N2O. The number of hydrogen-bond donors (Lipinski definition) is 0. The molecule has 0 fully saturated rings. The second-order valence-electron chi connectivity index (χ2n) is 13.5. The van der Waals surface area contributed by atoms with Crippen molar-refractivity contribution < 1.29 is 4.74 Å². The first-order valence-electron chi connectivity index (χ1n) is 16.9. The summed E-state index contributed by atoms with van der Waals surface area (Å²) in [6, 6.07) is 58.8. The molecule has 0 radical (unpaired) electrons. The quantitative estimate of drug-likeness (QED) is 0.188. The maximum absolute atomic E-state index is 6.54. The number of aryl methyl sites for hydroxylation is 1. The van der Waals surface area contributed by atoms with Gasteiger partial charge in [-0.2, -0.15) is 0 Å². The van der Waals surface area contributed by atoms with Crippen molar-refractivity contribution in [2.24, 2.45) is 0 Å². The van der Waals surface area contributed by atoms with Crippen LogP contribution >= 0.6 is 0 Å². The zero-order valence-corrected chi connectivity index (χ0v) is 27.9. The summed E-state index contributed by atoms with van der Waals surface area (Å²) in [6.45, 7) is 6.85. The van der Waals surface area contributed by atoms with Gasteiger partial charge in [-0.15, -0.1) is 0 Å². The number of ether oxygens (including phenoxy) is 1. The summed E-state index contributed by atoms with van der Waals surface area (Å²) >= 11 is 0. The van der Waals surface area contributed by atoms with Crippen LogP contribution in [0.5, 0.6) is 11.5 Å². The fourth-order valence-corrected chi connectivity index (χ4v) is 7.71. The van der Waals surface area contributed by atoms with Crippen molar-refractivity contribution in [1.82, 2.24) is 0 Å². The highest BCUT2D eigenvalue weighted by Gasteiger charge is 2.42. The summed E-state index contributed by atoms with van der Waals surface area (Å²) < 4.78 is 6.54. The van der Waals surface area contributed by atoms with Gasteiger partial charge in [0, 0.05) is 22.4 Å². The van der Waals surface area contributed by atoms with Gasteiger partial charge < -0.3 is 14.5 Å².